The maximum atomic E-state index is 5.72. The van der Waals surface area contributed by atoms with Crippen LogP contribution < -0.4 is 11.1 Å². The van der Waals surface area contributed by atoms with Crippen LogP contribution >= 0.6 is 12.2 Å². The van der Waals surface area contributed by atoms with Crippen molar-refractivity contribution in [3.63, 3.8) is 0 Å². The summed E-state index contributed by atoms with van der Waals surface area (Å²) in [6.45, 7) is 8.55. The van der Waals surface area contributed by atoms with Gasteiger partial charge in [-0.25, -0.2) is 0 Å². The monoisotopic (exact) mass is 236 g/mol. The minimum Gasteiger partial charge on any atom is -0.389 e. The molecule has 0 saturated heterocycles. The Hall–Kier alpha value is -1.09. The highest BCUT2D eigenvalue weighted by Gasteiger charge is 2.16. The predicted molar refractivity (Wildman–Crippen MR) is 75.1 cm³/mol. The normalized spacial score (nSPS) is 11.2. The number of nitrogens with two attached hydrogens (primary N) is 1. The zero-order valence-corrected chi connectivity index (χ0v) is 11.2. The van der Waals surface area contributed by atoms with Crippen molar-refractivity contribution in [2.24, 2.45) is 5.73 Å². The van der Waals surface area contributed by atoms with Crippen molar-refractivity contribution in [3.8, 4) is 0 Å². The van der Waals surface area contributed by atoms with Crippen molar-refractivity contribution < 1.29 is 0 Å². The molecule has 16 heavy (non-hydrogen) atoms. The summed E-state index contributed by atoms with van der Waals surface area (Å²) in [5.41, 5.74) is 8.91. The molecule has 0 fully saturated rings. The van der Waals surface area contributed by atoms with E-state index >= 15 is 0 Å². The fourth-order valence-corrected chi connectivity index (χ4v) is 1.61. The first-order valence-corrected chi connectivity index (χ1v) is 5.95. The summed E-state index contributed by atoms with van der Waals surface area (Å²) in [4.78, 5) is 0.439. The van der Waals surface area contributed by atoms with E-state index in [0.29, 0.717) is 4.99 Å². The lowest BCUT2D eigenvalue weighted by atomic mass is 10.00. The summed E-state index contributed by atoms with van der Waals surface area (Å²) in [6, 6.07) is 6.09. The van der Waals surface area contributed by atoms with E-state index in [4.69, 9.17) is 18.0 Å². The number of hydrogen-bond donors (Lipinski definition) is 2. The molecule has 0 aliphatic heterocycles. The quantitative estimate of drug-likeness (QED) is 0.788. The van der Waals surface area contributed by atoms with Crippen LogP contribution in [0.2, 0.25) is 0 Å². The van der Waals surface area contributed by atoms with Crippen molar-refractivity contribution in [2.45, 2.75) is 39.7 Å². The maximum absolute atomic E-state index is 5.72. The minimum absolute atomic E-state index is 0.0489. The van der Waals surface area contributed by atoms with E-state index in [-0.39, 0.29) is 5.54 Å². The summed E-state index contributed by atoms with van der Waals surface area (Å²) in [5.74, 6) is 0. The third kappa shape index (κ3) is 3.20. The van der Waals surface area contributed by atoms with Crippen molar-refractivity contribution in [1.29, 1.82) is 0 Å². The molecule has 1 rings (SSSR count). The first-order valence-electron chi connectivity index (χ1n) is 5.54. The van der Waals surface area contributed by atoms with Gasteiger partial charge in [0.25, 0.3) is 0 Å². The van der Waals surface area contributed by atoms with Gasteiger partial charge in [-0.05, 0) is 44.9 Å². The third-order valence-electron chi connectivity index (χ3n) is 2.80. The number of rotatable bonds is 4. The van der Waals surface area contributed by atoms with E-state index in [1.807, 2.05) is 12.1 Å². The van der Waals surface area contributed by atoms with Gasteiger partial charge >= 0.3 is 0 Å². The van der Waals surface area contributed by atoms with Crippen LogP contribution in [0.3, 0.4) is 0 Å². The van der Waals surface area contributed by atoms with Gasteiger partial charge in [-0.2, -0.15) is 0 Å². The van der Waals surface area contributed by atoms with Crippen LogP contribution in [0.15, 0.2) is 18.2 Å². The molecular weight excluding hydrogens is 216 g/mol. The van der Waals surface area contributed by atoms with Crippen LogP contribution in [0.1, 0.15) is 38.3 Å². The number of aryl methyl sites for hydroxylation is 1. The molecule has 3 heteroatoms. The molecule has 1 aromatic rings. The Morgan fingerprint density at radius 2 is 2.06 bits per heavy atom. The van der Waals surface area contributed by atoms with Gasteiger partial charge in [-0.3, -0.25) is 0 Å². The summed E-state index contributed by atoms with van der Waals surface area (Å²) in [7, 11) is 0. The van der Waals surface area contributed by atoms with Crippen molar-refractivity contribution >= 4 is 22.9 Å². The van der Waals surface area contributed by atoms with Gasteiger partial charge in [-0.1, -0.05) is 25.2 Å². The largest absolute Gasteiger partial charge is 0.389 e. The number of nitrogens with one attached hydrogen (secondary N) is 1. The fraction of sp³-hybridized carbons (Fsp3) is 0.462. The average molecular weight is 236 g/mol. The van der Waals surface area contributed by atoms with Gasteiger partial charge in [0.1, 0.15) is 4.99 Å². The SMILES string of the molecule is CCC(C)(C)Nc1cc(C)ccc1C(N)=S. The highest BCUT2D eigenvalue weighted by molar-refractivity contribution is 7.80. The second-order valence-corrected chi connectivity index (χ2v) is 5.22. The van der Waals surface area contributed by atoms with Crippen LogP contribution in [0.4, 0.5) is 5.69 Å². The number of anilines is 1. The summed E-state index contributed by atoms with van der Waals surface area (Å²) < 4.78 is 0. The molecule has 1 aromatic carbocycles. The van der Waals surface area contributed by atoms with Gasteiger partial charge in [0.2, 0.25) is 0 Å². The molecule has 0 heterocycles. The highest BCUT2D eigenvalue weighted by Crippen LogP contribution is 2.23. The smallest absolute Gasteiger partial charge is 0.106 e. The summed E-state index contributed by atoms with van der Waals surface area (Å²) in [6.07, 6.45) is 1.04. The Labute approximate surface area is 103 Å². The zero-order chi connectivity index (χ0) is 12.3. The molecule has 0 amide bonds. The van der Waals surface area contributed by atoms with Crippen LogP contribution in [-0.4, -0.2) is 10.5 Å². The topological polar surface area (TPSA) is 38.0 Å². The predicted octanol–water partition coefficient (Wildman–Crippen LogP) is 3.23. The van der Waals surface area contributed by atoms with Crippen LogP contribution in [0, 0.1) is 6.92 Å². The number of hydrogen-bond acceptors (Lipinski definition) is 2. The second-order valence-electron chi connectivity index (χ2n) is 4.78. The lowest BCUT2D eigenvalue weighted by molar-refractivity contribution is 0.547. The van der Waals surface area contributed by atoms with E-state index in [1.165, 1.54) is 5.56 Å². The molecule has 0 bridgehead atoms. The minimum atomic E-state index is 0.0489. The molecule has 0 radical (unpaired) electrons. The Kier molecular flexibility index (Phi) is 3.92. The van der Waals surface area contributed by atoms with Crippen molar-refractivity contribution in [3.05, 3.63) is 29.3 Å². The van der Waals surface area contributed by atoms with Crippen LogP contribution in [-0.2, 0) is 0 Å². The summed E-state index contributed by atoms with van der Waals surface area (Å²) in [5, 5.41) is 3.49. The third-order valence-corrected chi connectivity index (χ3v) is 3.02. The van der Waals surface area contributed by atoms with E-state index in [0.717, 1.165) is 17.7 Å². The standard InChI is InChI=1S/C13H20N2S/c1-5-13(3,4)15-11-8-9(2)6-7-10(11)12(14)16/h6-8,15H,5H2,1-4H3,(H2,14,16). The van der Waals surface area contributed by atoms with Crippen molar-refractivity contribution in [2.75, 3.05) is 5.32 Å². The summed E-state index contributed by atoms with van der Waals surface area (Å²) >= 11 is 5.06. The maximum Gasteiger partial charge on any atom is 0.106 e. The molecule has 0 atom stereocenters. The highest BCUT2D eigenvalue weighted by atomic mass is 32.1. The Bertz CT molecular complexity index is 397. The first-order chi connectivity index (χ1) is 7.35. The number of thiocarbonyl (C=S) groups is 1. The lowest BCUT2D eigenvalue weighted by Crippen LogP contribution is -2.31. The lowest BCUT2D eigenvalue weighted by Gasteiger charge is -2.27. The van der Waals surface area contributed by atoms with Gasteiger partial charge in [-0.15, -0.1) is 0 Å². The molecule has 0 aliphatic carbocycles. The number of benzene rings is 1. The van der Waals surface area contributed by atoms with E-state index in [1.54, 1.807) is 0 Å². The Morgan fingerprint density at radius 3 is 2.56 bits per heavy atom. The van der Waals surface area contributed by atoms with Crippen molar-refractivity contribution in [1.82, 2.24) is 0 Å². The van der Waals surface area contributed by atoms with E-state index in [2.05, 4.69) is 39.1 Å². The molecule has 3 N–H and O–H groups in total. The molecule has 0 unspecified atom stereocenters. The van der Waals surface area contributed by atoms with E-state index in [9.17, 15) is 0 Å². The fourth-order valence-electron chi connectivity index (χ4n) is 1.43. The van der Waals surface area contributed by atoms with Gasteiger partial charge in [0.05, 0.1) is 0 Å². The molecule has 0 aromatic heterocycles. The van der Waals surface area contributed by atoms with Gasteiger partial charge < -0.3 is 11.1 Å². The molecular formula is C13H20N2S. The molecule has 0 spiro atoms. The Morgan fingerprint density at radius 1 is 1.44 bits per heavy atom. The Balaban J connectivity index is 3.10. The van der Waals surface area contributed by atoms with Crippen LogP contribution in [0.5, 0.6) is 0 Å². The first kappa shape index (κ1) is 13.0. The molecule has 2 nitrogen and oxygen atoms in total. The van der Waals surface area contributed by atoms with E-state index < -0.39 is 0 Å². The average Bonchev–Trinajstić information content (AvgIpc) is 2.16. The van der Waals surface area contributed by atoms with Gasteiger partial charge in [0, 0.05) is 16.8 Å². The van der Waals surface area contributed by atoms with Gasteiger partial charge in [0.15, 0.2) is 0 Å². The molecule has 0 aliphatic rings. The molecule has 88 valence electrons. The van der Waals surface area contributed by atoms with Crippen LogP contribution in [0.25, 0.3) is 0 Å². The molecule has 0 saturated carbocycles. The zero-order valence-electron chi connectivity index (χ0n) is 10.4. The second kappa shape index (κ2) is 4.83.